The van der Waals surface area contributed by atoms with Crippen LogP contribution < -0.4 is 0 Å². The zero-order valence-corrected chi connectivity index (χ0v) is 12.8. The number of esters is 1. The molecule has 0 amide bonds. The summed E-state index contributed by atoms with van der Waals surface area (Å²) in [4.78, 5) is 11.8. The normalized spacial score (nSPS) is 11.2. The Morgan fingerprint density at radius 3 is 2.36 bits per heavy atom. The highest BCUT2D eigenvalue weighted by atomic mass is 32.2. The van der Waals surface area contributed by atoms with E-state index in [-0.39, 0.29) is 28.6 Å². The van der Waals surface area contributed by atoms with E-state index in [2.05, 4.69) is 0 Å². The molecule has 0 heterocycles. The lowest BCUT2D eigenvalue weighted by Gasteiger charge is -2.08. The minimum absolute atomic E-state index is 0.00754. The maximum Gasteiger partial charge on any atom is 0.338 e. The lowest BCUT2D eigenvalue weighted by molar-refractivity contribution is 0.0526. The third kappa shape index (κ3) is 3.35. The molecule has 116 valence electrons. The fourth-order valence-corrected chi connectivity index (χ4v) is 3.33. The van der Waals surface area contributed by atoms with Crippen molar-refractivity contribution in [2.75, 3.05) is 6.61 Å². The van der Waals surface area contributed by atoms with Gasteiger partial charge in [0.15, 0.2) is 0 Å². The van der Waals surface area contributed by atoms with Crippen LogP contribution in [0.3, 0.4) is 0 Å². The van der Waals surface area contributed by atoms with Gasteiger partial charge in [0.05, 0.1) is 28.6 Å². The number of rotatable bonds is 5. The van der Waals surface area contributed by atoms with E-state index in [0.29, 0.717) is 5.56 Å². The molecular weight excluding hydrogens is 304 g/mol. The molecule has 0 bridgehead atoms. The van der Waals surface area contributed by atoms with Gasteiger partial charge < -0.3 is 9.84 Å². The van der Waals surface area contributed by atoms with Crippen LogP contribution in [0.2, 0.25) is 0 Å². The first-order valence-electron chi connectivity index (χ1n) is 6.71. The fraction of sp³-hybridized carbons (Fsp3) is 0.188. The van der Waals surface area contributed by atoms with E-state index in [9.17, 15) is 13.2 Å². The van der Waals surface area contributed by atoms with Crippen molar-refractivity contribution in [3.05, 3.63) is 59.7 Å². The van der Waals surface area contributed by atoms with E-state index in [1.54, 1.807) is 19.1 Å². The van der Waals surface area contributed by atoms with E-state index >= 15 is 0 Å². The second-order valence-electron chi connectivity index (χ2n) is 4.56. The van der Waals surface area contributed by atoms with Gasteiger partial charge in [-0.1, -0.05) is 18.2 Å². The van der Waals surface area contributed by atoms with Crippen LogP contribution in [-0.2, 0) is 21.2 Å². The molecule has 0 saturated carbocycles. The minimum Gasteiger partial charge on any atom is -0.462 e. The van der Waals surface area contributed by atoms with Crippen molar-refractivity contribution >= 4 is 15.8 Å². The molecule has 0 aromatic heterocycles. The van der Waals surface area contributed by atoms with Crippen LogP contribution in [0, 0.1) is 0 Å². The third-order valence-electron chi connectivity index (χ3n) is 3.05. The molecule has 1 N–H and O–H groups in total. The Bertz CT molecular complexity index is 781. The lowest BCUT2D eigenvalue weighted by Crippen LogP contribution is -2.07. The average Bonchev–Trinajstić information content (AvgIpc) is 2.55. The van der Waals surface area contributed by atoms with Gasteiger partial charge in [0.25, 0.3) is 0 Å². The number of hydrogen-bond acceptors (Lipinski definition) is 5. The van der Waals surface area contributed by atoms with Crippen LogP contribution in [-0.4, -0.2) is 26.1 Å². The molecule has 2 rings (SSSR count). The lowest BCUT2D eigenvalue weighted by atomic mass is 10.2. The fourth-order valence-electron chi connectivity index (χ4n) is 1.95. The van der Waals surface area contributed by atoms with Crippen molar-refractivity contribution in [3.63, 3.8) is 0 Å². The van der Waals surface area contributed by atoms with Crippen molar-refractivity contribution < 1.29 is 23.1 Å². The number of carbonyl (C=O) groups is 1. The predicted molar refractivity (Wildman–Crippen MR) is 80.2 cm³/mol. The number of hydrogen-bond donors (Lipinski definition) is 1. The molecule has 0 fully saturated rings. The summed E-state index contributed by atoms with van der Waals surface area (Å²) in [6.07, 6.45) is 0. The second-order valence-corrected chi connectivity index (χ2v) is 6.51. The summed E-state index contributed by atoms with van der Waals surface area (Å²) >= 11 is 0. The molecule has 2 aromatic rings. The van der Waals surface area contributed by atoms with Crippen LogP contribution in [0.25, 0.3) is 0 Å². The van der Waals surface area contributed by atoms with E-state index < -0.39 is 15.8 Å². The zero-order chi connectivity index (χ0) is 16.2. The molecule has 0 aliphatic rings. The first-order chi connectivity index (χ1) is 10.5. The van der Waals surface area contributed by atoms with Crippen molar-refractivity contribution in [3.8, 4) is 0 Å². The van der Waals surface area contributed by atoms with Gasteiger partial charge in [0.2, 0.25) is 9.84 Å². The number of sulfone groups is 1. The Morgan fingerprint density at radius 2 is 1.73 bits per heavy atom. The summed E-state index contributed by atoms with van der Waals surface area (Å²) in [6, 6.07) is 11.8. The van der Waals surface area contributed by atoms with E-state index in [4.69, 9.17) is 9.84 Å². The molecule has 0 unspecified atom stereocenters. The summed E-state index contributed by atoms with van der Waals surface area (Å²) in [7, 11) is -3.76. The number of ether oxygens (including phenoxy) is 1. The van der Waals surface area contributed by atoms with Gasteiger partial charge in [-0.3, -0.25) is 0 Å². The minimum atomic E-state index is -3.76. The highest BCUT2D eigenvalue weighted by molar-refractivity contribution is 7.91. The molecule has 5 nitrogen and oxygen atoms in total. The summed E-state index contributed by atoms with van der Waals surface area (Å²) < 4.78 is 30.1. The highest BCUT2D eigenvalue weighted by Crippen LogP contribution is 2.22. The Kier molecular flexibility index (Phi) is 4.95. The summed E-state index contributed by atoms with van der Waals surface area (Å²) in [5, 5.41) is 9.12. The molecule has 2 aromatic carbocycles. The summed E-state index contributed by atoms with van der Waals surface area (Å²) in [5.41, 5.74) is 0.684. The van der Waals surface area contributed by atoms with Gasteiger partial charge in [-0.05, 0) is 42.8 Å². The Labute approximate surface area is 129 Å². The number of aliphatic hydroxyl groups excluding tert-OH is 1. The van der Waals surface area contributed by atoms with Gasteiger partial charge in [0, 0.05) is 0 Å². The first kappa shape index (κ1) is 16.2. The van der Waals surface area contributed by atoms with E-state index in [0.717, 1.165) is 0 Å². The standard InChI is InChI=1S/C16H16O5S/c1-2-21-16(18)13-6-4-8-15(10-13)22(19,20)14-7-3-5-12(9-14)11-17/h3-10,17H,2,11H2,1H3. The van der Waals surface area contributed by atoms with E-state index in [1.165, 1.54) is 36.4 Å². The van der Waals surface area contributed by atoms with Gasteiger partial charge >= 0.3 is 5.97 Å². The summed E-state index contributed by atoms with van der Waals surface area (Å²) in [5.74, 6) is -0.566. The maximum atomic E-state index is 12.6. The van der Waals surface area contributed by atoms with Gasteiger partial charge in [-0.2, -0.15) is 0 Å². The molecule has 0 aliphatic heterocycles. The molecule has 0 radical (unpaired) electrons. The van der Waals surface area contributed by atoms with Crippen molar-refractivity contribution in [2.45, 2.75) is 23.3 Å². The Morgan fingerprint density at radius 1 is 1.09 bits per heavy atom. The smallest absolute Gasteiger partial charge is 0.338 e. The number of aliphatic hydroxyl groups is 1. The topological polar surface area (TPSA) is 80.7 Å². The maximum absolute atomic E-state index is 12.6. The Balaban J connectivity index is 2.45. The van der Waals surface area contributed by atoms with Gasteiger partial charge in [-0.25, -0.2) is 13.2 Å². The number of benzene rings is 2. The number of carbonyl (C=O) groups excluding carboxylic acids is 1. The highest BCUT2D eigenvalue weighted by Gasteiger charge is 2.19. The van der Waals surface area contributed by atoms with Crippen molar-refractivity contribution in [2.24, 2.45) is 0 Å². The molecule has 0 saturated heterocycles. The van der Waals surface area contributed by atoms with Crippen molar-refractivity contribution in [1.29, 1.82) is 0 Å². The predicted octanol–water partition coefficient (Wildman–Crippen LogP) is 2.19. The summed E-state index contributed by atoms with van der Waals surface area (Å²) in [6.45, 7) is 1.65. The molecule has 22 heavy (non-hydrogen) atoms. The molecule has 0 aliphatic carbocycles. The van der Waals surface area contributed by atoms with Gasteiger partial charge in [0.1, 0.15) is 0 Å². The SMILES string of the molecule is CCOC(=O)c1cccc(S(=O)(=O)c2cccc(CO)c2)c1. The largest absolute Gasteiger partial charge is 0.462 e. The average molecular weight is 320 g/mol. The zero-order valence-electron chi connectivity index (χ0n) is 12.0. The first-order valence-corrected chi connectivity index (χ1v) is 8.19. The monoisotopic (exact) mass is 320 g/mol. The van der Waals surface area contributed by atoms with Crippen LogP contribution in [0.1, 0.15) is 22.8 Å². The molecule has 0 atom stereocenters. The van der Waals surface area contributed by atoms with Crippen LogP contribution in [0.5, 0.6) is 0 Å². The quantitative estimate of drug-likeness (QED) is 0.854. The van der Waals surface area contributed by atoms with Crippen LogP contribution >= 0.6 is 0 Å². The molecule has 0 spiro atoms. The van der Waals surface area contributed by atoms with Gasteiger partial charge in [-0.15, -0.1) is 0 Å². The molecule has 6 heteroatoms. The van der Waals surface area contributed by atoms with Crippen LogP contribution in [0.4, 0.5) is 0 Å². The van der Waals surface area contributed by atoms with E-state index in [1.807, 2.05) is 0 Å². The van der Waals surface area contributed by atoms with Crippen LogP contribution in [0.15, 0.2) is 58.3 Å². The third-order valence-corrected chi connectivity index (χ3v) is 4.80. The Hall–Kier alpha value is -2.18. The second kappa shape index (κ2) is 6.72. The molecular formula is C16H16O5S. The van der Waals surface area contributed by atoms with Crippen molar-refractivity contribution in [1.82, 2.24) is 0 Å².